The lowest BCUT2D eigenvalue weighted by molar-refractivity contribution is -0.118. The molecule has 0 aliphatic carbocycles. The standard InChI is InChI=1S/C16H17N3O3S3/c1-3-19(16-17-12-7-4-5-8-13(12)24-16)14(20)11-18(2)25(21,22)15-9-6-10-23-15/h4-10H,3,11H2,1-2H3. The van der Waals surface area contributed by atoms with Crippen molar-refractivity contribution in [3.63, 3.8) is 0 Å². The highest BCUT2D eigenvalue weighted by molar-refractivity contribution is 7.91. The normalized spacial score (nSPS) is 12.0. The van der Waals surface area contributed by atoms with E-state index in [4.69, 9.17) is 0 Å². The average molecular weight is 396 g/mol. The molecule has 0 spiro atoms. The fourth-order valence-electron chi connectivity index (χ4n) is 2.32. The Morgan fingerprint density at radius 3 is 2.60 bits per heavy atom. The molecule has 3 aromatic rings. The number of nitrogens with zero attached hydrogens (tertiary/aromatic N) is 3. The Morgan fingerprint density at radius 1 is 1.20 bits per heavy atom. The number of carbonyl (C=O) groups is 1. The van der Waals surface area contributed by atoms with Gasteiger partial charge in [0, 0.05) is 13.6 Å². The largest absolute Gasteiger partial charge is 0.287 e. The van der Waals surface area contributed by atoms with Crippen LogP contribution in [0.15, 0.2) is 46.0 Å². The summed E-state index contributed by atoms with van der Waals surface area (Å²) < 4.78 is 27.2. The van der Waals surface area contributed by atoms with Gasteiger partial charge in [0.2, 0.25) is 5.91 Å². The molecule has 0 unspecified atom stereocenters. The molecule has 0 N–H and O–H groups in total. The molecule has 0 bridgehead atoms. The summed E-state index contributed by atoms with van der Waals surface area (Å²) >= 11 is 2.55. The van der Waals surface area contributed by atoms with Gasteiger partial charge >= 0.3 is 0 Å². The maximum absolute atomic E-state index is 12.7. The van der Waals surface area contributed by atoms with Crippen molar-refractivity contribution >= 4 is 54.0 Å². The topological polar surface area (TPSA) is 70.6 Å². The van der Waals surface area contributed by atoms with Gasteiger partial charge in [-0.2, -0.15) is 4.31 Å². The van der Waals surface area contributed by atoms with Gasteiger partial charge in [0.05, 0.1) is 16.8 Å². The van der Waals surface area contributed by atoms with Crippen LogP contribution in [0.3, 0.4) is 0 Å². The van der Waals surface area contributed by atoms with Gasteiger partial charge in [-0.25, -0.2) is 13.4 Å². The smallest absolute Gasteiger partial charge is 0.252 e. The van der Waals surface area contributed by atoms with E-state index in [9.17, 15) is 13.2 Å². The van der Waals surface area contributed by atoms with Crippen LogP contribution in [0.5, 0.6) is 0 Å². The van der Waals surface area contributed by atoms with E-state index in [-0.39, 0.29) is 16.7 Å². The minimum absolute atomic E-state index is 0.228. The average Bonchev–Trinajstić information content (AvgIpc) is 3.25. The first-order chi connectivity index (χ1) is 11.9. The Labute approximate surface area is 154 Å². The van der Waals surface area contributed by atoms with Crippen LogP contribution in [0.4, 0.5) is 5.13 Å². The SMILES string of the molecule is CCN(C(=O)CN(C)S(=O)(=O)c1cccs1)c1nc2ccccc2s1. The number of rotatable bonds is 6. The maximum atomic E-state index is 12.7. The first-order valence-corrected chi connectivity index (χ1v) is 10.7. The summed E-state index contributed by atoms with van der Waals surface area (Å²) in [7, 11) is -2.24. The molecule has 3 rings (SSSR count). The van der Waals surface area contributed by atoms with E-state index in [0.717, 1.165) is 25.9 Å². The summed E-state index contributed by atoms with van der Waals surface area (Å²) in [6.07, 6.45) is 0. The van der Waals surface area contributed by atoms with Crippen molar-refractivity contribution < 1.29 is 13.2 Å². The molecule has 132 valence electrons. The second kappa shape index (κ2) is 7.20. The molecular formula is C16H17N3O3S3. The molecular weight excluding hydrogens is 378 g/mol. The molecule has 0 atom stereocenters. The first kappa shape index (κ1) is 18.0. The van der Waals surface area contributed by atoms with E-state index >= 15 is 0 Å². The second-order valence-electron chi connectivity index (χ2n) is 5.30. The van der Waals surface area contributed by atoms with Crippen molar-refractivity contribution in [3.05, 3.63) is 41.8 Å². The zero-order valence-electron chi connectivity index (χ0n) is 13.7. The van der Waals surface area contributed by atoms with Crippen LogP contribution < -0.4 is 4.90 Å². The molecule has 0 radical (unpaired) electrons. The van der Waals surface area contributed by atoms with E-state index < -0.39 is 10.0 Å². The lowest BCUT2D eigenvalue weighted by atomic mass is 10.3. The molecule has 0 fully saturated rings. The van der Waals surface area contributed by atoms with Crippen molar-refractivity contribution in [2.45, 2.75) is 11.1 Å². The Balaban J connectivity index is 1.80. The predicted octanol–water partition coefficient (Wildman–Crippen LogP) is 3.03. The third-order valence-corrected chi connectivity index (χ3v) is 7.88. The van der Waals surface area contributed by atoms with Crippen molar-refractivity contribution in [2.75, 3.05) is 25.0 Å². The van der Waals surface area contributed by atoms with Gasteiger partial charge in [0.1, 0.15) is 4.21 Å². The number of aromatic nitrogens is 1. The fraction of sp³-hybridized carbons (Fsp3) is 0.250. The quantitative estimate of drug-likeness (QED) is 0.643. The highest BCUT2D eigenvalue weighted by Gasteiger charge is 2.27. The summed E-state index contributed by atoms with van der Waals surface area (Å²) in [5, 5.41) is 2.28. The molecule has 2 heterocycles. The van der Waals surface area contributed by atoms with Gasteiger partial charge < -0.3 is 0 Å². The molecule has 0 aliphatic heterocycles. The second-order valence-corrected chi connectivity index (χ2v) is 9.52. The lowest BCUT2D eigenvalue weighted by Gasteiger charge is -2.21. The number of hydrogen-bond acceptors (Lipinski definition) is 6. The molecule has 0 aliphatic rings. The predicted molar refractivity (Wildman–Crippen MR) is 102 cm³/mol. The third-order valence-electron chi connectivity index (χ3n) is 3.65. The number of anilines is 1. The van der Waals surface area contributed by atoms with Crippen molar-refractivity contribution in [2.24, 2.45) is 0 Å². The number of thiophene rings is 1. The number of thiazole rings is 1. The van der Waals surface area contributed by atoms with Gasteiger partial charge in [-0.05, 0) is 30.5 Å². The van der Waals surface area contributed by atoms with E-state index in [1.165, 1.54) is 29.4 Å². The monoisotopic (exact) mass is 395 g/mol. The molecule has 0 saturated heterocycles. The molecule has 1 amide bonds. The highest BCUT2D eigenvalue weighted by atomic mass is 32.2. The number of sulfonamides is 1. The number of fused-ring (bicyclic) bond motifs is 1. The van der Waals surface area contributed by atoms with Crippen molar-refractivity contribution in [1.29, 1.82) is 0 Å². The van der Waals surface area contributed by atoms with Gasteiger partial charge in [-0.15, -0.1) is 11.3 Å². The number of likely N-dealkylation sites (N-methyl/N-ethyl adjacent to an activating group) is 2. The zero-order valence-corrected chi connectivity index (χ0v) is 16.2. The number of para-hydroxylation sites is 1. The van der Waals surface area contributed by atoms with Crippen LogP contribution in [-0.2, 0) is 14.8 Å². The van der Waals surface area contributed by atoms with Crippen LogP contribution in [-0.4, -0.2) is 43.8 Å². The summed E-state index contributed by atoms with van der Waals surface area (Å²) in [4.78, 5) is 18.7. The molecule has 1 aromatic carbocycles. The number of benzene rings is 1. The van der Waals surface area contributed by atoms with E-state index in [2.05, 4.69) is 4.98 Å². The van der Waals surface area contributed by atoms with Crippen molar-refractivity contribution in [1.82, 2.24) is 9.29 Å². The van der Waals surface area contributed by atoms with Crippen molar-refractivity contribution in [3.8, 4) is 0 Å². The van der Waals surface area contributed by atoms with E-state index in [1.54, 1.807) is 11.4 Å². The van der Waals surface area contributed by atoms with Crippen LogP contribution in [0.2, 0.25) is 0 Å². The summed E-state index contributed by atoms with van der Waals surface area (Å²) in [5.41, 5.74) is 0.827. The van der Waals surface area contributed by atoms with E-state index in [0.29, 0.717) is 11.7 Å². The summed E-state index contributed by atoms with van der Waals surface area (Å²) in [6.45, 7) is 2.03. The summed E-state index contributed by atoms with van der Waals surface area (Å²) in [6, 6.07) is 10.9. The molecule has 25 heavy (non-hydrogen) atoms. The maximum Gasteiger partial charge on any atom is 0.252 e. The lowest BCUT2D eigenvalue weighted by Crippen LogP contribution is -2.41. The van der Waals surface area contributed by atoms with Gasteiger partial charge in [0.25, 0.3) is 10.0 Å². The molecule has 6 nitrogen and oxygen atoms in total. The summed E-state index contributed by atoms with van der Waals surface area (Å²) in [5.74, 6) is -0.302. The van der Waals surface area contributed by atoms with Gasteiger partial charge in [0.15, 0.2) is 5.13 Å². The third kappa shape index (κ3) is 3.59. The Bertz CT molecular complexity index is 947. The molecule has 2 aromatic heterocycles. The number of hydrogen-bond donors (Lipinski definition) is 0. The van der Waals surface area contributed by atoms with Crippen LogP contribution >= 0.6 is 22.7 Å². The van der Waals surface area contributed by atoms with E-state index in [1.807, 2.05) is 31.2 Å². The number of carbonyl (C=O) groups excluding carboxylic acids is 1. The minimum Gasteiger partial charge on any atom is -0.287 e. The molecule has 0 saturated carbocycles. The van der Waals surface area contributed by atoms with Gasteiger partial charge in [-0.3, -0.25) is 9.69 Å². The van der Waals surface area contributed by atoms with Crippen LogP contribution in [0.1, 0.15) is 6.92 Å². The molecule has 9 heteroatoms. The van der Waals surface area contributed by atoms with Crippen LogP contribution in [0, 0.1) is 0 Å². The Hall–Kier alpha value is -1.81. The Morgan fingerprint density at radius 2 is 1.96 bits per heavy atom. The fourth-order valence-corrected chi connectivity index (χ4v) is 5.69. The minimum atomic E-state index is -3.65. The Kier molecular flexibility index (Phi) is 5.19. The highest BCUT2D eigenvalue weighted by Crippen LogP contribution is 2.29. The van der Waals surface area contributed by atoms with Crippen LogP contribution in [0.25, 0.3) is 10.2 Å². The number of amides is 1. The zero-order chi connectivity index (χ0) is 18.0. The first-order valence-electron chi connectivity index (χ1n) is 7.59. The van der Waals surface area contributed by atoms with Gasteiger partial charge in [-0.1, -0.05) is 29.5 Å².